The zero-order valence-electron chi connectivity index (χ0n) is 18.4. The second kappa shape index (κ2) is 10.5. The molecule has 0 aliphatic rings. The number of methoxy groups -OCH3 is 1. The maximum atomic E-state index is 11.2. The van der Waals surface area contributed by atoms with Crippen LogP contribution in [0.1, 0.15) is 5.56 Å². The number of benzene rings is 3. The van der Waals surface area contributed by atoms with Crippen molar-refractivity contribution in [2.75, 3.05) is 12.4 Å². The highest BCUT2D eigenvalue weighted by atomic mass is 35.5. The lowest BCUT2D eigenvalue weighted by atomic mass is 10.1. The van der Waals surface area contributed by atoms with Crippen molar-refractivity contribution in [2.45, 2.75) is 6.42 Å². The number of ether oxygens (including phenoxy) is 1. The fourth-order valence-electron chi connectivity index (χ4n) is 3.50. The monoisotopic (exact) mass is 511 g/mol. The first-order valence-corrected chi connectivity index (χ1v) is 11.1. The van der Waals surface area contributed by atoms with E-state index < -0.39 is 11.6 Å². The van der Waals surface area contributed by atoms with Gasteiger partial charge in [0, 0.05) is 22.5 Å². The average Bonchev–Trinajstić information content (AvgIpc) is 3.29. The van der Waals surface area contributed by atoms with Crippen molar-refractivity contribution in [3.63, 3.8) is 0 Å². The molecule has 0 atom stereocenters. The molecular formula is C26H19Cl2NO6. The van der Waals surface area contributed by atoms with Crippen molar-refractivity contribution in [1.29, 1.82) is 0 Å². The average molecular weight is 512 g/mol. The maximum Gasteiger partial charge on any atom is 0.336 e. The third-order valence-electron chi connectivity index (χ3n) is 5.07. The van der Waals surface area contributed by atoms with Crippen LogP contribution in [-0.4, -0.2) is 18.2 Å². The van der Waals surface area contributed by atoms with Crippen LogP contribution in [0.4, 0.5) is 11.4 Å². The summed E-state index contributed by atoms with van der Waals surface area (Å²) >= 11 is 12.1. The predicted octanol–water partition coefficient (Wildman–Crippen LogP) is 6.91. The first-order chi connectivity index (χ1) is 16.9. The van der Waals surface area contributed by atoms with Crippen LogP contribution in [0, 0.1) is 0 Å². The summed E-state index contributed by atoms with van der Waals surface area (Å²) in [7, 11) is 1.52. The minimum Gasteiger partial charge on any atom is -0.490 e. The number of fused-ring (bicyclic) bond motifs is 2. The van der Waals surface area contributed by atoms with Gasteiger partial charge in [0.05, 0.1) is 35.5 Å². The number of hydrogen-bond donors (Lipinski definition) is 2. The number of furan rings is 1. The van der Waals surface area contributed by atoms with E-state index in [0.29, 0.717) is 43.9 Å². The number of rotatable bonds is 5. The Morgan fingerprint density at radius 1 is 0.971 bits per heavy atom. The summed E-state index contributed by atoms with van der Waals surface area (Å²) in [6.07, 6.45) is 1.51. The molecule has 0 aliphatic carbocycles. The summed E-state index contributed by atoms with van der Waals surface area (Å²) in [6, 6.07) is 19.1. The van der Waals surface area contributed by atoms with E-state index in [1.807, 2.05) is 18.2 Å². The molecule has 0 fully saturated rings. The lowest BCUT2D eigenvalue weighted by Gasteiger charge is -2.13. The van der Waals surface area contributed by atoms with Gasteiger partial charge >= 0.3 is 11.6 Å². The van der Waals surface area contributed by atoms with E-state index in [1.165, 1.54) is 13.2 Å². The number of carboxylic acid groups (broad SMARTS) is 1. The van der Waals surface area contributed by atoms with Gasteiger partial charge in [0.1, 0.15) is 0 Å². The quantitative estimate of drug-likeness (QED) is 0.247. The summed E-state index contributed by atoms with van der Waals surface area (Å²) < 4.78 is 15.6. The summed E-state index contributed by atoms with van der Waals surface area (Å²) in [5.74, 6) is -0.435. The molecule has 2 aromatic heterocycles. The molecule has 0 saturated carbocycles. The molecule has 9 heteroatoms. The number of para-hydroxylation sites is 2. The standard InChI is InChI=1S/C14H11Cl2NO2.C12H8O4/c15-10-5-3-6-11(16)14(10)17-12-7-2-1-4-9(12)8-13(18)19;1-14-12-10-8(4-5-15-10)6-7-2-3-9(13)16-11(7)12/h1-7,17H,8H2,(H,18,19);2-6H,1H3. The van der Waals surface area contributed by atoms with Crippen LogP contribution >= 0.6 is 23.2 Å². The molecule has 5 rings (SSSR count). The lowest BCUT2D eigenvalue weighted by Crippen LogP contribution is -2.04. The van der Waals surface area contributed by atoms with Gasteiger partial charge in [-0.15, -0.1) is 0 Å². The number of anilines is 2. The molecule has 178 valence electrons. The number of aliphatic carboxylic acids is 1. The van der Waals surface area contributed by atoms with Crippen molar-refractivity contribution < 1.29 is 23.5 Å². The first-order valence-electron chi connectivity index (χ1n) is 10.4. The van der Waals surface area contributed by atoms with E-state index in [-0.39, 0.29) is 6.42 Å². The van der Waals surface area contributed by atoms with Crippen molar-refractivity contribution in [1.82, 2.24) is 0 Å². The van der Waals surface area contributed by atoms with Crippen LogP contribution in [0.3, 0.4) is 0 Å². The number of carbonyl (C=O) groups is 1. The van der Waals surface area contributed by atoms with Crippen LogP contribution in [0.5, 0.6) is 5.75 Å². The molecule has 5 aromatic rings. The topological polar surface area (TPSA) is 102 Å². The molecule has 0 radical (unpaired) electrons. The predicted molar refractivity (Wildman–Crippen MR) is 136 cm³/mol. The minimum absolute atomic E-state index is 0.0642. The van der Waals surface area contributed by atoms with E-state index in [9.17, 15) is 9.59 Å². The zero-order chi connectivity index (χ0) is 24.9. The van der Waals surface area contributed by atoms with Gasteiger partial charge in [-0.25, -0.2) is 4.79 Å². The van der Waals surface area contributed by atoms with Crippen molar-refractivity contribution >= 4 is 62.5 Å². The Morgan fingerprint density at radius 2 is 1.69 bits per heavy atom. The molecule has 2 N–H and O–H groups in total. The molecule has 7 nitrogen and oxygen atoms in total. The molecule has 0 aliphatic heterocycles. The highest BCUT2D eigenvalue weighted by Crippen LogP contribution is 2.35. The second-order valence-electron chi connectivity index (χ2n) is 7.37. The Hall–Kier alpha value is -3.94. The molecule has 35 heavy (non-hydrogen) atoms. The van der Waals surface area contributed by atoms with Gasteiger partial charge in [-0.3, -0.25) is 4.79 Å². The van der Waals surface area contributed by atoms with E-state index in [1.54, 1.807) is 48.7 Å². The third-order valence-corrected chi connectivity index (χ3v) is 5.70. The summed E-state index contributed by atoms with van der Waals surface area (Å²) in [5.41, 5.74) is 2.52. The van der Waals surface area contributed by atoms with Crippen molar-refractivity contribution in [3.8, 4) is 5.75 Å². The Labute approximate surface area is 209 Å². The van der Waals surface area contributed by atoms with Gasteiger partial charge < -0.3 is 24.0 Å². The van der Waals surface area contributed by atoms with Gasteiger partial charge in [-0.05, 0) is 42.0 Å². The van der Waals surface area contributed by atoms with E-state index in [4.69, 9.17) is 41.9 Å². The Balaban J connectivity index is 0.000000167. The van der Waals surface area contributed by atoms with E-state index in [0.717, 1.165) is 10.8 Å². The van der Waals surface area contributed by atoms with Gasteiger partial charge in [0.15, 0.2) is 11.2 Å². The fraction of sp³-hybridized carbons (Fsp3) is 0.0769. The number of hydrogen-bond acceptors (Lipinski definition) is 6. The smallest absolute Gasteiger partial charge is 0.336 e. The summed E-state index contributed by atoms with van der Waals surface area (Å²) in [6.45, 7) is 0. The highest BCUT2D eigenvalue weighted by molar-refractivity contribution is 6.39. The zero-order valence-corrected chi connectivity index (χ0v) is 19.9. The van der Waals surface area contributed by atoms with Crippen LogP contribution in [0.2, 0.25) is 10.0 Å². The Bertz CT molecular complexity index is 1550. The van der Waals surface area contributed by atoms with Gasteiger partial charge in [-0.1, -0.05) is 47.5 Å². The molecule has 0 saturated heterocycles. The van der Waals surface area contributed by atoms with Crippen LogP contribution in [0.25, 0.3) is 21.9 Å². The number of halogens is 2. The summed E-state index contributed by atoms with van der Waals surface area (Å²) in [5, 5.41) is 14.7. The van der Waals surface area contributed by atoms with E-state index >= 15 is 0 Å². The lowest BCUT2D eigenvalue weighted by molar-refractivity contribution is -0.136. The van der Waals surface area contributed by atoms with Gasteiger partial charge in [-0.2, -0.15) is 0 Å². The number of nitrogens with one attached hydrogen (secondary N) is 1. The molecule has 0 unspecified atom stereocenters. The SMILES string of the molecule is COc1c2occc2cc2ccc(=O)oc12.O=C(O)Cc1ccccc1Nc1c(Cl)cccc1Cl. The van der Waals surface area contributed by atoms with Gasteiger partial charge in [0.25, 0.3) is 0 Å². The minimum atomic E-state index is -0.889. The van der Waals surface area contributed by atoms with Crippen LogP contribution < -0.4 is 15.7 Å². The third kappa shape index (κ3) is 5.42. The second-order valence-corrected chi connectivity index (χ2v) is 8.19. The first kappa shape index (κ1) is 24.2. The largest absolute Gasteiger partial charge is 0.490 e. The molecule has 0 amide bonds. The van der Waals surface area contributed by atoms with E-state index in [2.05, 4.69) is 5.32 Å². The highest BCUT2D eigenvalue weighted by Gasteiger charge is 2.13. The number of carboxylic acids is 1. The van der Waals surface area contributed by atoms with Crippen molar-refractivity contribution in [2.24, 2.45) is 0 Å². The Morgan fingerprint density at radius 3 is 2.40 bits per heavy atom. The fourth-order valence-corrected chi connectivity index (χ4v) is 3.99. The van der Waals surface area contributed by atoms with Crippen LogP contribution in [0.15, 0.2) is 86.6 Å². The normalized spacial score (nSPS) is 10.6. The maximum absolute atomic E-state index is 11.2. The summed E-state index contributed by atoms with van der Waals surface area (Å²) in [4.78, 5) is 22.0. The molecule has 0 bridgehead atoms. The molecule has 0 spiro atoms. The van der Waals surface area contributed by atoms with Gasteiger partial charge in [0.2, 0.25) is 5.75 Å². The Kier molecular flexibility index (Phi) is 7.29. The molecular weight excluding hydrogens is 493 g/mol. The van der Waals surface area contributed by atoms with Crippen molar-refractivity contribution in [3.05, 3.63) is 99.0 Å². The molecule has 2 heterocycles. The molecule has 3 aromatic carbocycles. The van der Waals surface area contributed by atoms with Crippen LogP contribution in [-0.2, 0) is 11.2 Å².